The number of nitrogens with zero attached hydrogens (tertiary/aromatic N) is 2. The number of benzene rings is 3. The minimum absolute atomic E-state index is 0. The van der Waals surface area contributed by atoms with Gasteiger partial charge in [-0.3, -0.25) is 9.59 Å². The smallest absolute Gasteiger partial charge is 0.309 e. The third-order valence-electron chi connectivity index (χ3n) is 7.54. The molecule has 0 fully saturated rings. The number of carbonyl (C=O) groups excluding carboxylic acids is 1. The van der Waals surface area contributed by atoms with Crippen LogP contribution in [0.4, 0.5) is 0 Å². The SMILES string of the molecule is CC(C)(C)C(=O)c1c(CC(C)(C)C(=O)O)n(Cc2ccc(Cl)cc2)c2ccc(OCc3ccc4ccccc4n3)cc12.[Na]. The summed E-state index contributed by atoms with van der Waals surface area (Å²) in [6.45, 7) is 9.76. The topological polar surface area (TPSA) is 81.4 Å². The zero-order valence-corrected chi connectivity index (χ0v) is 28.3. The molecule has 5 rings (SSSR count). The van der Waals surface area contributed by atoms with Crippen molar-refractivity contribution in [3.05, 3.63) is 106 Å². The van der Waals surface area contributed by atoms with Gasteiger partial charge in [0.15, 0.2) is 5.78 Å². The van der Waals surface area contributed by atoms with Gasteiger partial charge in [0.05, 0.1) is 16.6 Å². The van der Waals surface area contributed by atoms with Gasteiger partial charge < -0.3 is 14.4 Å². The van der Waals surface area contributed by atoms with E-state index < -0.39 is 16.8 Å². The number of rotatable bonds is 9. The predicted octanol–water partition coefficient (Wildman–Crippen LogP) is 7.97. The van der Waals surface area contributed by atoms with Gasteiger partial charge in [0.2, 0.25) is 0 Å². The number of hydrogen-bond acceptors (Lipinski definition) is 4. The molecule has 217 valence electrons. The Bertz CT molecular complexity index is 1800. The van der Waals surface area contributed by atoms with E-state index in [0.29, 0.717) is 28.6 Å². The van der Waals surface area contributed by atoms with Crippen molar-refractivity contribution in [2.24, 2.45) is 10.8 Å². The molecule has 3 aromatic carbocycles. The van der Waals surface area contributed by atoms with Gasteiger partial charge in [-0.1, -0.05) is 68.8 Å². The maximum atomic E-state index is 14.1. The Hall–Kier alpha value is -3.16. The van der Waals surface area contributed by atoms with Crippen LogP contribution in [0.3, 0.4) is 0 Å². The minimum atomic E-state index is -1.10. The van der Waals surface area contributed by atoms with Crippen LogP contribution in [0.5, 0.6) is 5.75 Å². The summed E-state index contributed by atoms with van der Waals surface area (Å²) in [6, 6.07) is 25.2. The third-order valence-corrected chi connectivity index (χ3v) is 7.79. The number of ketones is 1. The molecule has 1 N–H and O–H groups in total. The molecule has 2 aromatic heterocycles. The number of carboxylic acids is 1. The third kappa shape index (κ3) is 7.15. The Morgan fingerprint density at radius 3 is 2.30 bits per heavy atom. The molecular formula is C35H35ClN2NaO4. The summed E-state index contributed by atoms with van der Waals surface area (Å²) in [6.07, 6.45) is 0.180. The summed E-state index contributed by atoms with van der Waals surface area (Å²) in [7, 11) is 0. The van der Waals surface area contributed by atoms with E-state index in [1.807, 2.05) is 99.6 Å². The van der Waals surface area contributed by atoms with Gasteiger partial charge >= 0.3 is 5.97 Å². The molecule has 2 heterocycles. The van der Waals surface area contributed by atoms with Gasteiger partial charge in [-0.2, -0.15) is 0 Å². The second-order valence-corrected chi connectivity index (χ2v) is 12.9. The molecule has 6 nitrogen and oxygen atoms in total. The van der Waals surface area contributed by atoms with Crippen molar-refractivity contribution in [3.8, 4) is 5.75 Å². The molecule has 0 aliphatic carbocycles. The summed E-state index contributed by atoms with van der Waals surface area (Å²) in [5.74, 6) is -0.369. The van der Waals surface area contributed by atoms with E-state index in [1.54, 1.807) is 13.8 Å². The summed E-state index contributed by atoms with van der Waals surface area (Å²) in [5.41, 5.74) is 2.97. The van der Waals surface area contributed by atoms with E-state index in [1.165, 1.54) is 0 Å². The first kappa shape index (κ1) is 32.7. The Morgan fingerprint density at radius 2 is 1.63 bits per heavy atom. The first-order valence-electron chi connectivity index (χ1n) is 14.0. The van der Waals surface area contributed by atoms with Crippen LogP contribution in [-0.4, -0.2) is 56.0 Å². The maximum Gasteiger partial charge on any atom is 0.309 e. The molecule has 0 saturated carbocycles. The molecular weight excluding hydrogens is 571 g/mol. The van der Waals surface area contributed by atoms with E-state index in [9.17, 15) is 14.7 Å². The van der Waals surface area contributed by atoms with Crippen molar-refractivity contribution >= 4 is 74.7 Å². The molecule has 43 heavy (non-hydrogen) atoms. The van der Waals surface area contributed by atoms with Crippen molar-refractivity contribution in [1.82, 2.24) is 9.55 Å². The van der Waals surface area contributed by atoms with Crippen molar-refractivity contribution in [2.45, 2.75) is 54.2 Å². The van der Waals surface area contributed by atoms with Crippen molar-refractivity contribution in [3.63, 3.8) is 0 Å². The molecule has 0 saturated heterocycles. The van der Waals surface area contributed by atoms with E-state index in [2.05, 4.69) is 4.57 Å². The van der Waals surface area contributed by atoms with E-state index in [-0.39, 0.29) is 48.4 Å². The Labute approximate surface area is 279 Å². The number of Topliss-reactive ketones (excluding diaryl/α,β-unsaturated/α-hetero) is 1. The van der Waals surface area contributed by atoms with Crippen LogP contribution >= 0.6 is 11.6 Å². The van der Waals surface area contributed by atoms with Crippen molar-refractivity contribution in [1.29, 1.82) is 0 Å². The number of pyridine rings is 1. The number of para-hydroxylation sites is 1. The molecule has 0 spiro atoms. The molecule has 0 unspecified atom stereocenters. The molecule has 0 bridgehead atoms. The number of ether oxygens (including phenoxy) is 1. The molecule has 0 aliphatic rings. The van der Waals surface area contributed by atoms with Crippen LogP contribution in [-0.2, 0) is 24.4 Å². The number of hydrogen-bond donors (Lipinski definition) is 1. The second-order valence-electron chi connectivity index (χ2n) is 12.4. The van der Waals surface area contributed by atoms with E-state index in [4.69, 9.17) is 21.3 Å². The van der Waals surface area contributed by atoms with Crippen LogP contribution in [0.15, 0.2) is 78.9 Å². The van der Waals surface area contributed by atoms with Gasteiger partial charge in [0.1, 0.15) is 12.4 Å². The first-order chi connectivity index (χ1) is 19.8. The van der Waals surface area contributed by atoms with Crippen LogP contribution in [0, 0.1) is 10.8 Å². The second kappa shape index (κ2) is 12.8. The number of aromatic nitrogens is 2. The average Bonchev–Trinajstić information content (AvgIpc) is 3.23. The van der Waals surface area contributed by atoms with Gasteiger partial charge in [-0.15, -0.1) is 0 Å². The maximum absolute atomic E-state index is 14.1. The van der Waals surface area contributed by atoms with E-state index >= 15 is 0 Å². The van der Waals surface area contributed by atoms with Crippen LogP contribution in [0.25, 0.3) is 21.8 Å². The van der Waals surface area contributed by atoms with Crippen LogP contribution in [0.2, 0.25) is 5.02 Å². The molecule has 8 heteroatoms. The van der Waals surface area contributed by atoms with E-state index in [0.717, 1.165) is 33.1 Å². The summed E-state index contributed by atoms with van der Waals surface area (Å²) >= 11 is 6.14. The fraction of sp³-hybridized carbons (Fsp3) is 0.286. The van der Waals surface area contributed by atoms with Crippen molar-refractivity contribution in [2.75, 3.05) is 0 Å². The Morgan fingerprint density at radius 1 is 0.930 bits per heavy atom. The fourth-order valence-corrected chi connectivity index (χ4v) is 5.21. The van der Waals surface area contributed by atoms with Gasteiger partial charge in [-0.05, 0) is 61.9 Å². The standard InChI is InChI=1S/C35H35ClN2O4.Na/c1-34(2,3)32(39)31-27-18-26(42-21-25-15-12-23-8-6-7-9-28(23)37-25)16-17-29(27)38(20-22-10-13-24(36)14-11-22)30(31)19-35(4,5)33(40)41;/h6-18H,19-21H2,1-5H3,(H,40,41);. The molecule has 0 aliphatic heterocycles. The number of aliphatic carboxylic acids is 1. The van der Waals surface area contributed by atoms with Crippen LogP contribution in [0.1, 0.15) is 61.9 Å². The summed E-state index contributed by atoms with van der Waals surface area (Å²) in [4.78, 5) is 31.0. The van der Waals surface area contributed by atoms with Gasteiger partial charge in [0.25, 0.3) is 0 Å². The zero-order chi connectivity index (χ0) is 30.2. The van der Waals surface area contributed by atoms with Gasteiger partial charge in [-0.25, -0.2) is 4.98 Å². The summed E-state index contributed by atoms with van der Waals surface area (Å²) in [5, 5.41) is 12.5. The zero-order valence-electron chi connectivity index (χ0n) is 25.6. The monoisotopic (exact) mass is 605 g/mol. The number of carboxylic acid groups (broad SMARTS) is 1. The molecule has 5 aromatic rings. The number of fused-ring (bicyclic) bond motifs is 2. The normalized spacial score (nSPS) is 11.9. The van der Waals surface area contributed by atoms with Crippen LogP contribution < -0.4 is 4.74 Å². The Kier molecular flexibility index (Phi) is 9.77. The minimum Gasteiger partial charge on any atom is -0.487 e. The fourth-order valence-electron chi connectivity index (χ4n) is 5.08. The number of carbonyl (C=O) groups is 2. The quantitative estimate of drug-likeness (QED) is 0.136. The largest absolute Gasteiger partial charge is 0.487 e. The number of halogens is 1. The van der Waals surface area contributed by atoms with Gasteiger partial charge in [0, 0.05) is 80.5 Å². The summed E-state index contributed by atoms with van der Waals surface area (Å²) < 4.78 is 8.26. The average molecular weight is 606 g/mol. The Balaban J connectivity index is 0.00000423. The molecule has 0 atom stereocenters. The predicted molar refractivity (Wildman–Crippen MR) is 173 cm³/mol. The van der Waals surface area contributed by atoms with Crippen molar-refractivity contribution < 1.29 is 19.4 Å². The first-order valence-corrected chi connectivity index (χ1v) is 14.4. The molecule has 0 amide bonds. The molecule has 1 radical (unpaired) electrons.